The van der Waals surface area contributed by atoms with E-state index in [2.05, 4.69) is 29.6 Å². The molecule has 2 N–H and O–H groups in total. The molecule has 2 aromatic rings. The number of alkyl carbamates (subject to hydrolysis) is 1. The number of fused-ring (bicyclic) bond motifs is 3. The van der Waals surface area contributed by atoms with Gasteiger partial charge >= 0.3 is 12.1 Å². The minimum atomic E-state index is -0.840. The van der Waals surface area contributed by atoms with Crippen molar-refractivity contribution in [1.29, 1.82) is 0 Å². The van der Waals surface area contributed by atoms with E-state index in [9.17, 15) is 19.5 Å². The molecule has 2 aliphatic carbocycles. The lowest BCUT2D eigenvalue weighted by Gasteiger charge is -2.32. The number of hydrogen-bond donors (Lipinski definition) is 2. The number of ether oxygens (including phenoxy) is 1. The van der Waals surface area contributed by atoms with Gasteiger partial charge in [0.25, 0.3) is 0 Å². The van der Waals surface area contributed by atoms with Crippen molar-refractivity contribution in [2.24, 2.45) is 11.8 Å². The van der Waals surface area contributed by atoms with Gasteiger partial charge in [0.1, 0.15) is 6.61 Å². The van der Waals surface area contributed by atoms with Crippen LogP contribution in [0.1, 0.15) is 55.6 Å². The van der Waals surface area contributed by atoms with Gasteiger partial charge in [-0.05, 0) is 47.4 Å². The summed E-state index contributed by atoms with van der Waals surface area (Å²) in [6.07, 6.45) is 4.12. The molecule has 5 rings (SSSR count). The fourth-order valence-electron chi connectivity index (χ4n) is 5.98. The minimum Gasteiger partial charge on any atom is -0.481 e. The molecular weight excluding hydrogens is 444 g/mol. The van der Waals surface area contributed by atoms with Crippen LogP contribution in [-0.2, 0) is 14.3 Å². The number of nitrogens with zero attached hydrogens (tertiary/aromatic N) is 1. The van der Waals surface area contributed by atoms with Crippen molar-refractivity contribution >= 4 is 18.0 Å². The second-order valence-corrected chi connectivity index (χ2v) is 9.99. The average Bonchev–Trinajstić information content (AvgIpc) is 3.48. The zero-order valence-electron chi connectivity index (χ0n) is 19.8. The van der Waals surface area contributed by atoms with Crippen LogP contribution >= 0.6 is 0 Å². The van der Waals surface area contributed by atoms with E-state index in [1.165, 1.54) is 22.3 Å². The van der Waals surface area contributed by atoms with Gasteiger partial charge in [0.05, 0.1) is 5.92 Å². The van der Waals surface area contributed by atoms with Crippen LogP contribution in [0.3, 0.4) is 0 Å². The predicted octanol–water partition coefficient (Wildman–Crippen LogP) is 4.41. The molecule has 184 valence electrons. The van der Waals surface area contributed by atoms with Crippen LogP contribution in [0, 0.1) is 11.8 Å². The van der Waals surface area contributed by atoms with Gasteiger partial charge in [-0.2, -0.15) is 0 Å². The Morgan fingerprint density at radius 3 is 2.26 bits per heavy atom. The van der Waals surface area contributed by atoms with E-state index in [0.29, 0.717) is 19.4 Å². The second-order valence-electron chi connectivity index (χ2n) is 9.99. The van der Waals surface area contributed by atoms with E-state index >= 15 is 0 Å². The summed E-state index contributed by atoms with van der Waals surface area (Å²) in [6.45, 7) is 1.04. The maximum Gasteiger partial charge on any atom is 0.407 e. The highest BCUT2D eigenvalue weighted by Gasteiger charge is 2.35. The van der Waals surface area contributed by atoms with Gasteiger partial charge in [0, 0.05) is 31.5 Å². The largest absolute Gasteiger partial charge is 0.481 e. The third-order valence-corrected chi connectivity index (χ3v) is 7.88. The van der Waals surface area contributed by atoms with Crippen molar-refractivity contribution in [2.45, 2.75) is 50.5 Å². The first kappa shape index (κ1) is 23.4. The van der Waals surface area contributed by atoms with Crippen LogP contribution in [0.25, 0.3) is 11.1 Å². The number of hydrogen-bond acceptors (Lipinski definition) is 4. The van der Waals surface area contributed by atoms with Crippen LogP contribution in [0.4, 0.5) is 4.79 Å². The monoisotopic (exact) mass is 476 g/mol. The summed E-state index contributed by atoms with van der Waals surface area (Å²) >= 11 is 0. The molecule has 2 fully saturated rings. The molecule has 7 nitrogen and oxygen atoms in total. The summed E-state index contributed by atoms with van der Waals surface area (Å²) in [5.41, 5.74) is 4.73. The predicted molar refractivity (Wildman–Crippen MR) is 131 cm³/mol. The number of aliphatic carboxylic acids is 1. The number of nitrogens with one attached hydrogen (secondary N) is 1. The molecule has 7 heteroatoms. The maximum absolute atomic E-state index is 12.8. The van der Waals surface area contributed by atoms with Gasteiger partial charge in [0.2, 0.25) is 5.91 Å². The molecular formula is C28H32N2O5. The highest BCUT2D eigenvalue weighted by molar-refractivity contribution is 5.80. The van der Waals surface area contributed by atoms with Crippen molar-refractivity contribution in [1.82, 2.24) is 10.2 Å². The molecule has 0 bridgehead atoms. The van der Waals surface area contributed by atoms with E-state index in [1.54, 1.807) is 4.90 Å². The number of carboxylic acid groups (broad SMARTS) is 1. The topological polar surface area (TPSA) is 95.9 Å². The van der Waals surface area contributed by atoms with Crippen LogP contribution in [-0.4, -0.2) is 53.7 Å². The molecule has 0 aromatic heterocycles. The number of likely N-dealkylation sites (tertiary alicyclic amines) is 1. The third kappa shape index (κ3) is 4.90. The number of benzene rings is 2. The molecule has 0 spiro atoms. The first-order valence-electron chi connectivity index (χ1n) is 12.6. The summed E-state index contributed by atoms with van der Waals surface area (Å²) in [4.78, 5) is 38.5. The zero-order valence-corrected chi connectivity index (χ0v) is 19.8. The van der Waals surface area contributed by atoms with E-state index in [0.717, 1.165) is 25.7 Å². The lowest BCUT2D eigenvalue weighted by atomic mass is 9.82. The Labute approximate surface area is 205 Å². The fraction of sp³-hybridized carbons (Fsp3) is 0.464. The molecule has 1 unspecified atom stereocenters. The van der Waals surface area contributed by atoms with E-state index < -0.39 is 18.0 Å². The molecule has 1 aliphatic heterocycles. The van der Waals surface area contributed by atoms with Gasteiger partial charge in [-0.3, -0.25) is 9.59 Å². The van der Waals surface area contributed by atoms with Crippen molar-refractivity contribution in [2.75, 3.05) is 19.7 Å². The number of carbonyl (C=O) groups excluding carboxylic acids is 2. The first-order valence-corrected chi connectivity index (χ1v) is 12.6. The lowest BCUT2D eigenvalue weighted by Crippen LogP contribution is -2.44. The highest BCUT2D eigenvalue weighted by Crippen LogP contribution is 2.44. The molecule has 1 saturated carbocycles. The summed E-state index contributed by atoms with van der Waals surface area (Å²) in [6, 6.07) is 16.4. The lowest BCUT2D eigenvalue weighted by molar-refractivity contribution is -0.141. The third-order valence-electron chi connectivity index (χ3n) is 7.88. The van der Waals surface area contributed by atoms with E-state index in [4.69, 9.17) is 4.74 Å². The molecule has 1 heterocycles. The van der Waals surface area contributed by atoms with Crippen molar-refractivity contribution in [3.8, 4) is 11.1 Å². The van der Waals surface area contributed by atoms with Crippen LogP contribution < -0.4 is 5.32 Å². The molecule has 35 heavy (non-hydrogen) atoms. The van der Waals surface area contributed by atoms with Crippen molar-refractivity contribution in [3.05, 3.63) is 59.7 Å². The standard InChI is InChI=1S/C28H32N2O5/c31-26(30-14-13-19(16-30)27(32)33)15-18-7-1-6-12-25(18)29-28(34)35-17-24-22-10-4-2-8-20(22)21-9-3-5-11-23(21)24/h2-5,8-11,18-19,24-25H,1,6-7,12-17H2,(H,29,34)(H,32,33)/t18-,19?,25-/m1/s1. The van der Waals surface area contributed by atoms with Crippen LogP contribution in [0.2, 0.25) is 0 Å². The van der Waals surface area contributed by atoms with E-state index in [-0.39, 0.29) is 36.9 Å². The molecule has 3 aliphatic rings. The van der Waals surface area contributed by atoms with Crippen molar-refractivity contribution < 1.29 is 24.2 Å². The summed E-state index contributed by atoms with van der Waals surface area (Å²) in [7, 11) is 0. The van der Waals surface area contributed by atoms with Gasteiger partial charge in [-0.1, -0.05) is 61.4 Å². The van der Waals surface area contributed by atoms with Gasteiger partial charge in [0.15, 0.2) is 0 Å². The van der Waals surface area contributed by atoms with Gasteiger partial charge < -0.3 is 20.1 Å². The Bertz CT molecular complexity index is 1070. The van der Waals surface area contributed by atoms with Crippen LogP contribution in [0.15, 0.2) is 48.5 Å². The Hall–Kier alpha value is -3.35. The average molecular weight is 477 g/mol. The Kier molecular flexibility index (Phi) is 6.75. The smallest absolute Gasteiger partial charge is 0.407 e. The Morgan fingerprint density at radius 2 is 1.60 bits per heavy atom. The van der Waals surface area contributed by atoms with Crippen molar-refractivity contribution in [3.63, 3.8) is 0 Å². The minimum absolute atomic E-state index is 0.00854. The zero-order chi connectivity index (χ0) is 24.4. The first-order chi connectivity index (χ1) is 17.0. The Balaban J connectivity index is 1.18. The quantitative estimate of drug-likeness (QED) is 0.644. The molecule has 3 atom stereocenters. The number of rotatable bonds is 6. The number of carboxylic acids is 1. The summed E-state index contributed by atoms with van der Waals surface area (Å²) < 4.78 is 5.73. The summed E-state index contributed by atoms with van der Waals surface area (Å²) in [5, 5.41) is 12.3. The van der Waals surface area contributed by atoms with Crippen LogP contribution in [0.5, 0.6) is 0 Å². The molecule has 1 saturated heterocycles. The fourth-order valence-corrected chi connectivity index (χ4v) is 5.98. The number of amides is 2. The Morgan fingerprint density at radius 1 is 0.943 bits per heavy atom. The van der Waals surface area contributed by atoms with E-state index in [1.807, 2.05) is 24.3 Å². The normalized spacial score (nSPS) is 23.4. The number of carbonyl (C=O) groups is 3. The van der Waals surface area contributed by atoms with Gasteiger partial charge in [-0.25, -0.2) is 4.79 Å². The molecule has 2 aromatic carbocycles. The molecule has 2 amide bonds. The SMILES string of the molecule is O=C(N[C@@H]1CCCC[C@@H]1CC(=O)N1CCC(C(=O)O)C1)OCC1c2ccccc2-c2ccccc21. The second kappa shape index (κ2) is 10.1. The molecule has 0 radical (unpaired) electrons. The maximum atomic E-state index is 12.8. The highest BCUT2D eigenvalue weighted by atomic mass is 16.5. The summed E-state index contributed by atoms with van der Waals surface area (Å²) in [5.74, 6) is -1.28. The van der Waals surface area contributed by atoms with Gasteiger partial charge in [-0.15, -0.1) is 0 Å².